The summed E-state index contributed by atoms with van der Waals surface area (Å²) < 4.78 is 23.3. The van der Waals surface area contributed by atoms with Gasteiger partial charge in [0.05, 0.1) is 11.8 Å². The molecule has 0 aliphatic rings. The van der Waals surface area contributed by atoms with Crippen LogP contribution in [0, 0.1) is 5.82 Å². The third kappa shape index (κ3) is 5.29. The van der Waals surface area contributed by atoms with Crippen LogP contribution in [0.2, 0.25) is 0 Å². The van der Waals surface area contributed by atoms with Gasteiger partial charge in [-0.1, -0.05) is 6.07 Å². The van der Waals surface area contributed by atoms with Crippen LogP contribution in [0.3, 0.4) is 0 Å². The number of hydrogen-bond acceptors (Lipinski definition) is 5. The van der Waals surface area contributed by atoms with Crippen molar-refractivity contribution in [1.29, 1.82) is 0 Å². The Bertz CT molecular complexity index is 1020. The maximum atomic E-state index is 13.2. The van der Waals surface area contributed by atoms with Crippen molar-refractivity contribution in [3.8, 4) is 0 Å². The van der Waals surface area contributed by atoms with Gasteiger partial charge in [0.15, 0.2) is 11.9 Å². The number of hydrogen-bond donors (Lipinski definition) is 2. The Morgan fingerprint density at radius 1 is 0.966 bits per heavy atom. The van der Waals surface area contributed by atoms with Crippen LogP contribution < -0.4 is 10.6 Å². The van der Waals surface area contributed by atoms with Gasteiger partial charge in [0, 0.05) is 11.4 Å². The molecule has 3 aromatic rings. The Hall–Kier alpha value is -3.94. The Kier molecular flexibility index (Phi) is 6.03. The van der Waals surface area contributed by atoms with Crippen molar-refractivity contribution in [3.63, 3.8) is 0 Å². The van der Waals surface area contributed by atoms with Gasteiger partial charge in [-0.25, -0.2) is 9.18 Å². The molecule has 0 aliphatic heterocycles. The first kappa shape index (κ1) is 19.8. The number of halogens is 1. The van der Waals surface area contributed by atoms with E-state index in [1.165, 1.54) is 61.7 Å². The quantitative estimate of drug-likeness (QED) is 0.617. The zero-order valence-corrected chi connectivity index (χ0v) is 15.3. The number of carbonyl (C=O) groups excluding carboxylic acids is 3. The van der Waals surface area contributed by atoms with E-state index in [4.69, 9.17) is 9.15 Å². The average Bonchev–Trinajstić information content (AvgIpc) is 3.23. The molecule has 0 radical (unpaired) electrons. The lowest BCUT2D eigenvalue weighted by Crippen LogP contribution is -2.30. The van der Waals surface area contributed by atoms with Gasteiger partial charge < -0.3 is 19.8 Å². The third-order valence-electron chi connectivity index (χ3n) is 3.87. The molecule has 29 heavy (non-hydrogen) atoms. The van der Waals surface area contributed by atoms with E-state index in [-0.39, 0.29) is 17.0 Å². The predicted molar refractivity (Wildman–Crippen MR) is 103 cm³/mol. The van der Waals surface area contributed by atoms with Gasteiger partial charge in [0.25, 0.3) is 11.8 Å². The molecule has 1 heterocycles. The second-order valence-electron chi connectivity index (χ2n) is 6.06. The molecule has 0 fully saturated rings. The summed E-state index contributed by atoms with van der Waals surface area (Å²) in [5.74, 6) is -2.06. The first-order chi connectivity index (χ1) is 13.9. The fraction of sp³-hybridized carbons (Fsp3) is 0.0952. The molecule has 148 valence electrons. The number of furan rings is 1. The molecule has 2 amide bonds. The van der Waals surface area contributed by atoms with Gasteiger partial charge in [-0.15, -0.1) is 0 Å². The minimum Gasteiger partial charge on any atom is -0.459 e. The maximum Gasteiger partial charge on any atom is 0.338 e. The molecule has 0 bridgehead atoms. The molecule has 0 unspecified atom stereocenters. The molecule has 8 heteroatoms. The molecule has 2 N–H and O–H groups in total. The highest BCUT2D eigenvalue weighted by molar-refractivity contribution is 6.02. The van der Waals surface area contributed by atoms with Crippen molar-refractivity contribution >= 4 is 29.2 Å². The molecule has 0 saturated carbocycles. The third-order valence-corrected chi connectivity index (χ3v) is 3.87. The van der Waals surface area contributed by atoms with Crippen LogP contribution in [0.1, 0.15) is 27.8 Å². The summed E-state index contributed by atoms with van der Waals surface area (Å²) in [7, 11) is 0. The van der Waals surface area contributed by atoms with Crippen LogP contribution in [0.15, 0.2) is 71.3 Å². The van der Waals surface area contributed by atoms with Crippen LogP contribution in [0.5, 0.6) is 0 Å². The Morgan fingerprint density at radius 2 is 1.72 bits per heavy atom. The van der Waals surface area contributed by atoms with E-state index in [0.717, 1.165) is 6.07 Å². The standard InChI is InChI=1S/C21H17FN2O5/c1-13(19(25)24-17-5-2-4-15(22)12-17)29-21(27)14-7-9-16(10-8-14)23-20(26)18-6-3-11-28-18/h2-13H,1H3,(H,23,26)(H,24,25)/t13-/m0/s1. The van der Waals surface area contributed by atoms with Gasteiger partial charge in [0.2, 0.25) is 0 Å². The number of rotatable bonds is 6. The highest BCUT2D eigenvalue weighted by atomic mass is 19.1. The lowest BCUT2D eigenvalue weighted by molar-refractivity contribution is -0.123. The largest absolute Gasteiger partial charge is 0.459 e. The second-order valence-corrected chi connectivity index (χ2v) is 6.06. The summed E-state index contributed by atoms with van der Waals surface area (Å²) in [4.78, 5) is 36.3. The van der Waals surface area contributed by atoms with Crippen molar-refractivity contribution in [2.45, 2.75) is 13.0 Å². The number of nitrogens with one attached hydrogen (secondary N) is 2. The van der Waals surface area contributed by atoms with Gasteiger partial charge in [-0.05, 0) is 61.5 Å². The van der Waals surface area contributed by atoms with Crippen LogP contribution in [-0.4, -0.2) is 23.9 Å². The zero-order chi connectivity index (χ0) is 20.8. The number of benzene rings is 2. The fourth-order valence-electron chi connectivity index (χ4n) is 2.38. The number of ether oxygens (including phenoxy) is 1. The van der Waals surface area contributed by atoms with Crippen molar-refractivity contribution in [2.75, 3.05) is 10.6 Å². The normalized spacial score (nSPS) is 11.4. The molecule has 0 aliphatic carbocycles. The van der Waals surface area contributed by atoms with Crippen LogP contribution in [0.4, 0.5) is 15.8 Å². The van der Waals surface area contributed by atoms with Crippen molar-refractivity contribution in [1.82, 2.24) is 0 Å². The van der Waals surface area contributed by atoms with Gasteiger partial charge in [0.1, 0.15) is 5.82 Å². The molecule has 1 aromatic heterocycles. The van der Waals surface area contributed by atoms with Gasteiger partial charge in [-0.3, -0.25) is 9.59 Å². The van der Waals surface area contributed by atoms with Crippen LogP contribution in [0.25, 0.3) is 0 Å². The van der Waals surface area contributed by atoms with Crippen molar-refractivity contribution in [3.05, 3.63) is 84.1 Å². The number of anilines is 2. The maximum absolute atomic E-state index is 13.2. The van der Waals surface area contributed by atoms with Gasteiger partial charge in [-0.2, -0.15) is 0 Å². The van der Waals surface area contributed by atoms with Crippen molar-refractivity contribution in [2.24, 2.45) is 0 Å². The Labute approximate surface area is 165 Å². The zero-order valence-electron chi connectivity index (χ0n) is 15.3. The topological polar surface area (TPSA) is 97.6 Å². The molecule has 0 spiro atoms. The van der Waals surface area contributed by atoms with E-state index < -0.39 is 29.7 Å². The summed E-state index contributed by atoms with van der Waals surface area (Å²) in [6, 6.07) is 14.5. The van der Waals surface area contributed by atoms with E-state index in [2.05, 4.69) is 10.6 Å². The molecule has 1 atom stereocenters. The van der Waals surface area contributed by atoms with E-state index >= 15 is 0 Å². The van der Waals surface area contributed by atoms with Gasteiger partial charge >= 0.3 is 5.97 Å². The molecule has 0 saturated heterocycles. The highest BCUT2D eigenvalue weighted by Crippen LogP contribution is 2.14. The molecular weight excluding hydrogens is 379 g/mol. The van der Waals surface area contributed by atoms with E-state index in [1.807, 2.05) is 0 Å². The van der Waals surface area contributed by atoms with E-state index in [9.17, 15) is 18.8 Å². The Morgan fingerprint density at radius 3 is 2.38 bits per heavy atom. The minimum absolute atomic E-state index is 0.159. The SMILES string of the molecule is C[C@H](OC(=O)c1ccc(NC(=O)c2ccco2)cc1)C(=O)Nc1cccc(F)c1. The lowest BCUT2D eigenvalue weighted by Gasteiger charge is -2.14. The first-order valence-electron chi connectivity index (χ1n) is 8.65. The first-order valence-corrected chi connectivity index (χ1v) is 8.65. The highest BCUT2D eigenvalue weighted by Gasteiger charge is 2.19. The van der Waals surface area contributed by atoms with E-state index in [0.29, 0.717) is 5.69 Å². The molecule has 2 aromatic carbocycles. The number of amides is 2. The summed E-state index contributed by atoms with van der Waals surface area (Å²) in [5, 5.41) is 5.09. The smallest absolute Gasteiger partial charge is 0.338 e. The van der Waals surface area contributed by atoms with E-state index in [1.54, 1.807) is 6.07 Å². The number of carbonyl (C=O) groups is 3. The number of esters is 1. The summed E-state index contributed by atoms with van der Waals surface area (Å²) in [6.07, 6.45) is 0.295. The predicted octanol–water partition coefficient (Wildman–Crippen LogP) is 3.86. The summed E-state index contributed by atoms with van der Waals surface area (Å²) >= 11 is 0. The fourth-order valence-corrected chi connectivity index (χ4v) is 2.38. The summed E-state index contributed by atoms with van der Waals surface area (Å²) in [6.45, 7) is 1.41. The van der Waals surface area contributed by atoms with Crippen LogP contribution >= 0.6 is 0 Å². The minimum atomic E-state index is -1.09. The van der Waals surface area contributed by atoms with Crippen LogP contribution in [-0.2, 0) is 9.53 Å². The lowest BCUT2D eigenvalue weighted by atomic mass is 10.2. The molecule has 3 rings (SSSR count). The van der Waals surface area contributed by atoms with Crippen molar-refractivity contribution < 1.29 is 27.9 Å². The summed E-state index contributed by atoms with van der Waals surface area (Å²) in [5.41, 5.74) is 0.917. The monoisotopic (exact) mass is 396 g/mol. The molecule has 7 nitrogen and oxygen atoms in total. The second kappa shape index (κ2) is 8.83. The Balaban J connectivity index is 1.55. The average molecular weight is 396 g/mol. The molecular formula is C21H17FN2O5.